The van der Waals surface area contributed by atoms with Gasteiger partial charge in [0.05, 0.1) is 23.2 Å². The number of anilines is 1. The Bertz CT molecular complexity index is 750. The minimum absolute atomic E-state index is 0.161. The fourth-order valence-electron chi connectivity index (χ4n) is 1.90. The molecule has 6 nitrogen and oxygen atoms in total. The van der Waals surface area contributed by atoms with Gasteiger partial charge in [0.15, 0.2) is 0 Å². The maximum atomic E-state index is 12.0. The SMILES string of the molecule is Cn1cc(CC(=O)Nc2nccc(-c3cccs3)n2)cn1. The molecule has 0 bridgehead atoms. The number of nitrogens with one attached hydrogen (secondary N) is 1. The highest BCUT2D eigenvalue weighted by molar-refractivity contribution is 7.13. The summed E-state index contributed by atoms with van der Waals surface area (Å²) in [5.74, 6) is 0.154. The first kappa shape index (κ1) is 13.4. The molecule has 0 aromatic carbocycles. The van der Waals surface area contributed by atoms with Crippen LogP contribution in [0.2, 0.25) is 0 Å². The summed E-state index contributed by atoms with van der Waals surface area (Å²) >= 11 is 1.59. The van der Waals surface area contributed by atoms with Crippen LogP contribution >= 0.6 is 11.3 Å². The van der Waals surface area contributed by atoms with E-state index in [1.165, 1.54) is 0 Å². The molecule has 0 spiro atoms. The number of carbonyl (C=O) groups is 1. The number of hydrogen-bond donors (Lipinski definition) is 1. The molecule has 21 heavy (non-hydrogen) atoms. The van der Waals surface area contributed by atoms with Gasteiger partial charge in [-0.3, -0.25) is 14.8 Å². The predicted octanol–water partition coefficient (Wildman–Crippen LogP) is 2.12. The van der Waals surface area contributed by atoms with E-state index in [9.17, 15) is 4.79 Å². The molecule has 3 rings (SSSR count). The number of aryl methyl sites for hydroxylation is 1. The van der Waals surface area contributed by atoms with Crippen molar-refractivity contribution < 1.29 is 4.79 Å². The second kappa shape index (κ2) is 5.84. The lowest BCUT2D eigenvalue weighted by Gasteiger charge is -2.04. The van der Waals surface area contributed by atoms with Crippen LogP contribution in [-0.2, 0) is 18.3 Å². The van der Waals surface area contributed by atoms with E-state index in [1.807, 2.05) is 36.8 Å². The Labute approximate surface area is 125 Å². The van der Waals surface area contributed by atoms with Crippen LogP contribution in [0.15, 0.2) is 42.2 Å². The molecule has 3 heterocycles. The molecule has 106 valence electrons. The second-order valence-electron chi connectivity index (χ2n) is 4.49. The van der Waals surface area contributed by atoms with E-state index < -0.39 is 0 Å². The summed E-state index contributed by atoms with van der Waals surface area (Å²) in [6.45, 7) is 0. The van der Waals surface area contributed by atoms with Crippen molar-refractivity contribution >= 4 is 23.2 Å². The molecule has 0 unspecified atom stereocenters. The van der Waals surface area contributed by atoms with E-state index >= 15 is 0 Å². The highest BCUT2D eigenvalue weighted by Crippen LogP contribution is 2.22. The lowest BCUT2D eigenvalue weighted by Crippen LogP contribution is -2.16. The third-order valence-corrected chi connectivity index (χ3v) is 3.70. The van der Waals surface area contributed by atoms with Crippen LogP contribution in [0.3, 0.4) is 0 Å². The number of amides is 1. The molecule has 7 heteroatoms. The molecule has 0 saturated heterocycles. The van der Waals surface area contributed by atoms with Gasteiger partial charge in [0.2, 0.25) is 11.9 Å². The molecule has 1 N–H and O–H groups in total. The van der Waals surface area contributed by atoms with Crippen LogP contribution < -0.4 is 5.32 Å². The molecule has 1 amide bonds. The third kappa shape index (κ3) is 3.32. The zero-order valence-electron chi connectivity index (χ0n) is 11.4. The maximum Gasteiger partial charge on any atom is 0.231 e. The van der Waals surface area contributed by atoms with Crippen LogP contribution in [0, 0.1) is 0 Å². The summed E-state index contributed by atoms with van der Waals surface area (Å²) in [7, 11) is 1.81. The molecule has 0 atom stereocenters. The van der Waals surface area contributed by atoms with Gasteiger partial charge >= 0.3 is 0 Å². The van der Waals surface area contributed by atoms with Crippen molar-refractivity contribution in [1.82, 2.24) is 19.7 Å². The van der Waals surface area contributed by atoms with Crippen LogP contribution in [0.1, 0.15) is 5.56 Å². The molecular formula is C14H13N5OS. The zero-order chi connectivity index (χ0) is 14.7. The number of nitrogens with zero attached hydrogens (tertiary/aromatic N) is 4. The van der Waals surface area contributed by atoms with Crippen molar-refractivity contribution in [3.8, 4) is 10.6 Å². The highest BCUT2D eigenvalue weighted by Gasteiger charge is 2.09. The first-order chi connectivity index (χ1) is 10.2. The van der Waals surface area contributed by atoms with E-state index in [0.717, 1.165) is 16.1 Å². The molecule has 3 aromatic heterocycles. The van der Waals surface area contributed by atoms with Crippen molar-refractivity contribution in [1.29, 1.82) is 0 Å². The number of carbonyl (C=O) groups excluding carboxylic acids is 1. The smallest absolute Gasteiger partial charge is 0.231 e. The Kier molecular flexibility index (Phi) is 3.74. The topological polar surface area (TPSA) is 72.7 Å². The van der Waals surface area contributed by atoms with Gasteiger partial charge in [0.25, 0.3) is 0 Å². The van der Waals surface area contributed by atoms with E-state index in [-0.39, 0.29) is 12.3 Å². The minimum atomic E-state index is -0.161. The van der Waals surface area contributed by atoms with Crippen LogP contribution in [0.4, 0.5) is 5.95 Å². The highest BCUT2D eigenvalue weighted by atomic mass is 32.1. The zero-order valence-corrected chi connectivity index (χ0v) is 12.2. The van der Waals surface area contributed by atoms with Gasteiger partial charge in [-0.15, -0.1) is 11.3 Å². The maximum absolute atomic E-state index is 12.0. The van der Waals surface area contributed by atoms with E-state index in [0.29, 0.717) is 5.95 Å². The van der Waals surface area contributed by atoms with Crippen molar-refractivity contribution in [3.05, 3.63) is 47.7 Å². The predicted molar refractivity (Wildman–Crippen MR) is 80.9 cm³/mol. The molecule has 0 aliphatic carbocycles. The Balaban J connectivity index is 1.70. The quantitative estimate of drug-likeness (QED) is 0.801. The number of aromatic nitrogens is 4. The van der Waals surface area contributed by atoms with E-state index in [2.05, 4.69) is 20.4 Å². The largest absolute Gasteiger partial charge is 0.294 e. The Morgan fingerprint density at radius 1 is 1.43 bits per heavy atom. The molecule has 3 aromatic rings. The Morgan fingerprint density at radius 3 is 3.05 bits per heavy atom. The summed E-state index contributed by atoms with van der Waals surface area (Å²) < 4.78 is 1.66. The van der Waals surface area contributed by atoms with Gasteiger partial charge < -0.3 is 0 Å². The molecule has 0 fully saturated rings. The van der Waals surface area contributed by atoms with E-state index in [4.69, 9.17) is 0 Å². The third-order valence-electron chi connectivity index (χ3n) is 2.80. The van der Waals surface area contributed by atoms with Crippen molar-refractivity contribution in [3.63, 3.8) is 0 Å². The molecule has 0 aliphatic heterocycles. The normalized spacial score (nSPS) is 10.5. The number of hydrogen-bond acceptors (Lipinski definition) is 5. The van der Waals surface area contributed by atoms with Gasteiger partial charge in [-0.1, -0.05) is 6.07 Å². The van der Waals surface area contributed by atoms with Gasteiger partial charge in [-0.25, -0.2) is 9.97 Å². The summed E-state index contributed by atoms with van der Waals surface area (Å²) in [4.78, 5) is 21.4. The second-order valence-corrected chi connectivity index (χ2v) is 5.44. The fourth-order valence-corrected chi connectivity index (χ4v) is 2.59. The fraction of sp³-hybridized carbons (Fsp3) is 0.143. The number of rotatable bonds is 4. The van der Waals surface area contributed by atoms with Crippen LogP contribution in [0.5, 0.6) is 0 Å². The van der Waals surface area contributed by atoms with Crippen LogP contribution in [0.25, 0.3) is 10.6 Å². The standard InChI is InChI=1S/C14H13N5OS/c1-19-9-10(8-16-19)7-13(20)18-14-15-5-4-11(17-14)12-3-2-6-21-12/h2-6,8-9H,7H2,1H3,(H,15,17,18,20). The summed E-state index contributed by atoms with van der Waals surface area (Å²) in [6.07, 6.45) is 5.37. The summed E-state index contributed by atoms with van der Waals surface area (Å²) in [5, 5.41) is 8.72. The van der Waals surface area contributed by atoms with Gasteiger partial charge in [0, 0.05) is 19.4 Å². The molecule has 0 radical (unpaired) electrons. The average molecular weight is 299 g/mol. The summed E-state index contributed by atoms with van der Waals surface area (Å²) in [6, 6.07) is 5.76. The minimum Gasteiger partial charge on any atom is -0.294 e. The first-order valence-corrected chi connectivity index (χ1v) is 7.23. The van der Waals surface area contributed by atoms with Crippen molar-refractivity contribution in [2.24, 2.45) is 7.05 Å². The lowest BCUT2D eigenvalue weighted by molar-refractivity contribution is -0.115. The van der Waals surface area contributed by atoms with Gasteiger partial charge in [-0.05, 0) is 23.1 Å². The van der Waals surface area contributed by atoms with Crippen molar-refractivity contribution in [2.75, 3.05) is 5.32 Å². The van der Waals surface area contributed by atoms with E-state index in [1.54, 1.807) is 28.4 Å². The molecular weight excluding hydrogens is 286 g/mol. The summed E-state index contributed by atoms with van der Waals surface area (Å²) in [5.41, 5.74) is 1.65. The average Bonchev–Trinajstić information content (AvgIpc) is 3.11. The number of thiophene rings is 1. The molecule has 0 aliphatic rings. The Hall–Kier alpha value is -2.54. The first-order valence-electron chi connectivity index (χ1n) is 6.35. The van der Waals surface area contributed by atoms with Gasteiger partial charge in [0.1, 0.15) is 0 Å². The Morgan fingerprint density at radius 2 is 2.33 bits per heavy atom. The molecule has 0 saturated carbocycles. The van der Waals surface area contributed by atoms with Gasteiger partial charge in [-0.2, -0.15) is 5.10 Å². The monoisotopic (exact) mass is 299 g/mol. The van der Waals surface area contributed by atoms with Crippen molar-refractivity contribution in [2.45, 2.75) is 6.42 Å². The van der Waals surface area contributed by atoms with Crippen LogP contribution in [-0.4, -0.2) is 25.7 Å². The lowest BCUT2D eigenvalue weighted by atomic mass is 10.2.